The lowest BCUT2D eigenvalue weighted by molar-refractivity contribution is -0.122. The zero-order valence-corrected chi connectivity index (χ0v) is 22.1. The van der Waals surface area contributed by atoms with Gasteiger partial charge in [-0.2, -0.15) is 0 Å². The van der Waals surface area contributed by atoms with Crippen molar-refractivity contribution in [3.05, 3.63) is 92.1 Å². The number of anilines is 1. The molecular formula is C26H19Br2FN2O5. The van der Waals surface area contributed by atoms with Gasteiger partial charge in [0.15, 0.2) is 11.5 Å². The molecule has 0 spiro atoms. The summed E-state index contributed by atoms with van der Waals surface area (Å²) in [6, 6.07) is 14.9. The molecule has 3 aromatic rings. The van der Waals surface area contributed by atoms with Gasteiger partial charge in [-0.05, 0) is 88.6 Å². The fourth-order valence-corrected chi connectivity index (χ4v) is 4.30. The zero-order chi connectivity index (χ0) is 25.8. The predicted octanol–water partition coefficient (Wildman–Crippen LogP) is 5.99. The molecule has 1 fully saturated rings. The highest BCUT2D eigenvalue weighted by atomic mass is 79.9. The highest BCUT2D eigenvalue weighted by molar-refractivity contribution is 9.10. The number of benzene rings is 3. The van der Waals surface area contributed by atoms with Gasteiger partial charge in [0, 0.05) is 4.47 Å². The maximum Gasteiger partial charge on any atom is 0.335 e. The number of hydrogen-bond acceptors (Lipinski definition) is 5. The molecule has 1 saturated heterocycles. The predicted molar refractivity (Wildman–Crippen MR) is 139 cm³/mol. The van der Waals surface area contributed by atoms with Crippen LogP contribution in [0.2, 0.25) is 0 Å². The third-order valence-electron chi connectivity index (χ3n) is 5.13. The molecule has 3 aromatic carbocycles. The number of imide groups is 2. The molecule has 4 amide bonds. The number of barbiturate groups is 1. The number of rotatable bonds is 7. The number of nitrogens with one attached hydrogen (secondary N) is 1. The van der Waals surface area contributed by atoms with Crippen LogP contribution in [0.25, 0.3) is 6.08 Å². The Morgan fingerprint density at radius 3 is 2.33 bits per heavy atom. The van der Waals surface area contributed by atoms with Crippen LogP contribution >= 0.6 is 31.9 Å². The summed E-state index contributed by atoms with van der Waals surface area (Å²) in [4.78, 5) is 38.7. The first-order valence-electron chi connectivity index (χ1n) is 10.8. The molecule has 184 valence electrons. The lowest BCUT2D eigenvalue weighted by Crippen LogP contribution is -2.54. The molecule has 0 unspecified atom stereocenters. The van der Waals surface area contributed by atoms with Gasteiger partial charge in [0.25, 0.3) is 11.8 Å². The number of halogens is 3. The van der Waals surface area contributed by atoms with E-state index < -0.39 is 23.7 Å². The van der Waals surface area contributed by atoms with Crippen molar-refractivity contribution in [1.82, 2.24) is 5.32 Å². The minimum atomic E-state index is -0.915. The smallest absolute Gasteiger partial charge is 0.335 e. The molecule has 1 N–H and O–H groups in total. The van der Waals surface area contributed by atoms with Crippen LogP contribution in [0.3, 0.4) is 0 Å². The second kappa shape index (κ2) is 11.0. The fraction of sp³-hybridized carbons (Fsp3) is 0.115. The van der Waals surface area contributed by atoms with Crippen molar-refractivity contribution >= 4 is 61.5 Å². The van der Waals surface area contributed by atoms with Gasteiger partial charge in [-0.3, -0.25) is 14.9 Å². The highest BCUT2D eigenvalue weighted by Crippen LogP contribution is 2.38. The topological polar surface area (TPSA) is 84.9 Å². The summed E-state index contributed by atoms with van der Waals surface area (Å²) in [5.74, 6) is -1.32. The number of carbonyl (C=O) groups is 3. The van der Waals surface area contributed by atoms with Crippen molar-refractivity contribution in [3.63, 3.8) is 0 Å². The van der Waals surface area contributed by atoms with Gasteiger partial charge in [-0.25, -0.2) is 14.1 Å². The van der Waals surface area contributed by atoms with E-state index in [1.165, 1.54) is 18.2 Å². The third kappa shape index (κ3) is 5.66. The summed E-state index contributed by atoms with van der Waals surface area (Å²) < 4.78 is 26.6. The van der Waals surface area contributed by atoms with E-state index in [0.29, 0.717) is 34.7 Å². The van der Waals surface area contributed by atoms with Gasteiger partial charge in [-0.15, -0.1) is 0 Å². The lowest BCUT2D eigenvalue weighted by Gasteiger charge is -2.26. The molecule has 10 heteroatoms. The molecule has 0 radical (unpaired) electrons. The van der Waals surface area contributed by atoms with Crippen molar-refractivity contribution < 1.29 is 28.2 Å². The van der Waals surface area contributed by atoms with Crippen LogP contribution in [0.1, 0.15) is 18.1 Å². The van der Waals surface area contributed by atoms with Crippen LogP contribution in [0.4, 0.5) is 14.9 Å². The molecule has 0 bridgehead atoms. The molecule has 1 aliphatic heterocycles. The minimum absolute atomic E-state index is 0.130. The van der Waals surface area contributed by atoms with Crippen LogP contribution in [0, 0.1) is 5.82 Å². The molecular weight excluding hydrogens is 599 g/mol. The number of carbonyl (C=O) groups excluding carboxylic acids is 3. The van der Waals surface area contributed by atoms with E-state index in [1.807, 2.05) is 31.2 Å². The molecule has 7 nitrogen and oxygen atoms in total. The Balaban J connectivity index is 1.65. The fourth-order valence-electron chi connectivity index (χ4n) is 3.46. The molecule has 36 heavy (non-hydrogen) atoms. The third-order valence-corrected chi connectivity index (χ3v) is 6.24. The molecule has 0 saturated carbocycles. The number of urea groups is 1. The summed E-state index contributed by atoms with van der Waals surface area (Å²) in [6.07, 6.45) is 1.35. The minimum Gasteiger partial charge on any atom is -0.490 e. The van der Waals surface area contributed by atoms with Crippen LogP contribution in [-0.2, 0) is 16.2 Å². The molecule has 4 rings (SSSR count). The lowest BCUT2D eigenvalue weighted by atomic mass is 10.1. The van der Waals surface area contributed by atoms with Crippen LogP contribution in [0.15, 0.2) is 75.2 Å². The molecule has 0 aliphatic carbocycles. The van der Waals surface area contributed by atoms with Crippen molar-refractivity contribution in [2.75, 3.05) is 11.5 Å². The monoisotopic (exact) mass is 616 g/mol. The van der Waals surface area contributed by atoms with Crippen molar-refractivity contribution in [2.24, 2.45) is 0 Å². The SMILES string of the molecule is CCOc1cc(/C=C2\C(=O)NC(=O)N(c3ccc(F)cc3)C2=O)cc(Br)c1OCc1ccc(Br)cc1. The van der Waals surface area contributed by atoms with Crippen LogP contribution in [-0.4, -0.2) is 24.5 Å². The average molecular weight is 618 g/mol. The maximum absolute atomic E-state index is 13.3. The first-order valence-corrected chi connectivity index (χ1v) is 12.4. The standard InChI is InChI=1S/C26H19Br2FN2O5/c1-2-35-22-13-16(12-21(28)23(22)36-14-15-3-5-17(27)6-4-15)11-20-24(32)30-26(34)31(25(20)33)19-9-7-18(29)8-10-19/h3-13H,2,14H2,1H3,(H,30,32,34)/b20-11+. The summed E-state index contributed by atoms with van der Waals surface area (Å²) >= 11 is 6.89. The van der Waals surface area contributed by atoms with Gasteiger partial charge in [0.05, 0.1) is 16.8 Å². The average Bonchev–Trinajstić information content (AvgIpc) is 2.83. The number of nitrogens with zero attached hydrogens (tertiary/aromatic N) is 1. The Kier molecular flexibility index (Phi) is 7.85. The van der Waals surface area contributed by atoms with Crippen molar-refractivity contribution in [3.8, 4) is 11.5 Å². The van der Waals surface area contributed by atoms with E-state index in [-0.39, 0.29) is 11.3 Å². The van der Waals surface area contributed by atoms with Gasteiger partial charge in [-0.1, -0.05) is 28.1 Å². The van der Waals surface area contributed by atoms with E-state index >= 15 is 0 Å². The molecule has 0 atom stereocenters. The van der Waals surface area contributed by atoms with Crippen molar-refractivity contribution in [1.29, 1.82) is 0 Å². The molecule has 0 aromatic heterocycles. The van der Waals surface area contributed by atoms with Gasteiger partial charge >= 0.3 is 6.03 Å². The van der Waals surface area contributed by atoms with E-state index in [2.05, 4.69) is 37.2 Å². The van der Waals surface area contributed by atoms with Gasteiger partial charge in [0.2, 0.25) is 0 Å². The van der Waals surface area contributed by atoms with Crippen LogP contribution < -0.4 is 19.7 Å². The Bertz CT molecular complexity index is 1360. The summed E-state index contributed by atoms with van der Waals surface area (Å²) in [6.45, 7) is 2.47. The molecule has 1 heterocycles. The number of ether oxygens (including phenoxy) is 2. The van der Waals surface area contributed by atoms with Gasteiger partial charge < -0.3 is 9.47 Å². The van der Waals surface area contributed by atoms with E-state index in [4.69, 9.17) is 9.47 Å². The normalized spacial score (nSPS) is 14.7. The second-order valence-corrected chi connectivity index (χ2v) is 9.38. The quantitative estimate of drug-likeness (QED) is 0.260. The summed E-state index contributed by atoms with van der Waals surface area (Å²) in [7, 11) is 0. The Morgan fingerprint density at radius 2 is 1.67 bits per heavy atom. The van der Waals surface area contributed by atoms with E-state index in [0.717, 1.165) is 27.1 Å². The number of amides is 4. The van der Waals surface area contributed by atoms with E-state index in [1.54, 1.807) is 12.1 Å². The zero-order valence-electron chi connectivity index (χ0n) is 18.9. The summed E-state index contributed by atoms with van der Waals surface area (Å²) in [5, 5.41) is 2.15. The summed E-state index contributed by atoms with van der Waals surface area (Å²) in [5.41, 5.74) is 1.28. The number of hydrogen-bond donors (Lipinski definition) is 1. The van der Waals surface area contributed by atoms with E-state index in [9.17, 15) is 18.8 Å². The van der Waals surface area contributed by atoms with Crippen LogP contribution in [0.5, 0.6) is 11.5 Å². The largest absolute Gasteiger partial charge is 0.490 e. The highest BCUT2D eigenvalue weighted by Gasteiger charge is 2.36. The van der Waals surface area contributed by atoms with Gasteiger partial charge in [0.1, 0.15) is 18.0 Å². The van der Waals surface area contributed by atoms with Crippen molar-refractivity contribution in [2.45, 2.75) is 13.5 Å². The molecule has 1 aliphatic rings. The first kappa shape index (κ1) is 25.6. The maximum atomic E-state index is 13.3. The first-order chi connectivity index (χ1) is 17.3. The Labute approximate surface area is 223 Å². The Hall–Kier alpha value is -3.50. The Morgan fingerprint density at radius 1 is 0.972 bits per heavy atom. The second-order valence-electron chi connectivity index (χ2n) is 7.61.